The van der Waals surface area contributed by atoms with Crippen LogP contribution in [0.3, 0.4) is 0 Å². The molecule has 7 heteroatoms. The fourth-order valence-corrected chi connectivity index (χ4v) is 3.69. The smallest absolute Gasteiger partial charge is 0.243 e. The SMILES string of the molecule is Cl.NCCCN(Cc1ccccc1)S(=O)(=O)c1ccc(Cl)cc1. The van der Waals surface area contributed by atoms with Crippen LogP contribution in [0.1, 0.15) is 12.0 Å². The average molecular weight is 375 g/mol. The minimum atomic E-state index is -3.57. The fourth-order valence-electron chi connectivity index (χ4n) is 2.09. The molecule has 0 heterocycles. The summed E-state index contributed by atoms with van der Waals surface area (Å²) in [7, 11) is -3.57. The van der Waals surface area contributed by atoms with Gasteiger partial charge in [0.2, 0.25) is 10.0 Å². The molecule has 0 saturated carbocycles. The van der Waals surface area contributed by atoms with E-state index in [1.54, 1.807) is 12.1 Å². The topological polar surface area (TPSA) is 63.4 Å². The molecule has 0 saturated heterocycles. The third-order valence-electron chi connectivity index (χ3n) is 3.26. The molecular formula is C16H20Cl2N2O2S. The Morgan fingerprint density at radius 3 is 2.17 bits per heavy atom. The van der Waals surface area contributed by atoms with Gasteiger partial charge in [-0.2, -0.15) is 4.31 Å². The Hall–Kier alpha value is -1.11. The summed E-state index contributed by atoms with van der Waals surface area (Å²) in [6, 6.07) is 15.7. The highest BCUT2D eigenvalue weighted by Gasteiger charge is 2.24. The summed E-state index contributed by atoms with van der Waals surface area (Å²) in [6.07, 6.45) is 0.611. The molecule has 4 nitrogen and oxygen atoms in total. The van der Waals surface area contributed by atoms with Crippen molar-refractivity contribution < 1.29 is 8.42 Å². The summed E-state index contributed by atoms with van der Waals surface area (Å²) in [5.74, 6) is 0. The largest absolute Gasteiger partial charge is 0.330 e. The Balaban J connectivity index is 0.00000264. The molecular weight excluding hydrogens is 355 g/mol. The van der Waals surface area contributed by atoms with Crippen LogP contribution in [-0.4, -0.2) is 25.8 Å². The molecule has 0 aliphatic carbocycles. The summed E-state index contributed by atoms with van der Waals surface area (Å²) in [6.45, 7) is 1.16. The molecule has 2 aromatic rings. The van der Waals surface area contributed by atoms with Gasteiger partial charge in [-0.1, -0.05) is 41.9 Å². The quantitative estimate of drug-likeness (QED) is 0.808. The van der Waals surface area contributed by atoms with Gasteiger partial charge < -0.3 is 5.73 Å². The minimum absolute atomic E-state index is 0. The highest BCUT2D eigenvalue weighted by molar-refractivity contribution is 7.89. The van der Waals surface area contributed by atoms with Crippen molar-refractivity contribution in [2.24, 2.45) is 5.73 Å². The van der Waals surface area contributed by atoms with E-state index in [1.165, 1.54) is 16.4 Å². The first-order valence-corrected chi connectivity index (χ1v) is 8.85. The molecule has 0 fully saturated rings. The van der Waals surface area contributed by atoms with Crippen molar-refractivity contribution >= 4 is 34.0 Å². The Labute approximate surface area is 148 Å². The van der Waals surface area contributed by atoms with E-state index in [0.717, 1.165) is 5.56 Å². The van der Waals surface area contributed by atoms with Gasteiger partial charge in [0.15, 0.2) is 0 Å². The molecule has 0 spiro atoms. The molecule has 0 unspecified atom stereocenters. The van der Waals surface area contributed by atoms with Crippen molar-refractivity contribution in [2.45, 2.75) is 17.9 Å². The molecule has 0 atom stereocenters. The van der Waals surface area contributed by atoms with Crippen molar-refractivity contribution in [3.63, 3.8) is 0 Å². The van der Waals surface area contributed by atoms with Crippen LogP contribution in [0.25, 0.3) is 0 Å². The maximum Gasteiger partial charge on any atom is 0.243 e. The Morgan fingerprint density at radius 1 is 1.00 bits per heavy atom. The molecule has 0 radical (unpaired) electrons. The Bertz CT molecular complexity index is 692. The van der Waals surface area contributed by atoms with Crippen LogP contribution >= 0.6 is 24.0 Å². The van der Waals surface area contributed by atoms with Gasteiger partial charge in [0.1, 0.15) is 0 Å². The van der Waals surface area contributed by atoms with Gasteiger partial charge in [-0.05, 0) is 42.8 Å². The highest BCUT2D eigenvalue weighted by Crippen LogP contribution is 2.20. The van der Waals surface area contributed by atoms with Crippen LogP contribution in [-0.2, 0) is 16.6 Å². The number of hydrogen-bond acceptors (Lipinski definition) is 3. The van der Waals surface area contributed by atoms with Gasteiger partial charge in [0.05, 0.1) is 4.90 Å². The van der Waals surface area contributed by atoms with Crippen LogP contribution in [0.2, 0.25) is 5.02 Å². The van der Waals surface area contributed by atoms with E-state index >= 15 is 0 Å². The van der Waals surface area contributed by atoms with Crippen LogP contribution in [0, 0.1) is 0 Å². The highest BCUT2D eigenvalue weighted by atomic mass is 35.5. The van der Waals surface area contributed by atoms with Gasteiger partial charge >= 0.3 is 0 Å². The van der Waals surface area contributed by atoms with Crippen LogP contribution in [0.4, 0.5) is 0 Å². The normalized spacial score (nSPS) is 11.3. The maximum absolute atomic E-state index is 12.8. The predicted octanol–water partition coefficient (Wildman–Crippen LogP) is 3.30. The average Bonchev–Trinajstić information content (AvgIpc) is 2.52. The summed E-state index contributed by atoms with van der Waals surface area (Å²) < 4.78 is 27.0. The van der Waals surface area contributed by atoms with E-state index in [2.05, 4.69) is 0 Å². The zero-order chi connectivity index (χ0) is 16.0. The number of benzene rings is 2. The lowest BCUT2D eigenvalue weighted by molar-refractivity contribution is 0.402. The molecule has 0 aliphatic rings. The van der Waals surface area contributed by atoms with Crippen molar-refractivity contribution in [3.8, 4) is 0 Å². The molecule has 2 aromatic carbocycles. The molecule has 126 valence electrons. The minimum Gasteiger partial charge on any atom is -0.330 e. The van der Waals surface area contributed by atoms with Crippen LogP contribution in [0.15, 0.2) is 59.5 Å². The van der Waals surface area contributed by atoms with Crippen LogP contribution in [0.5, 0.6) is 0 Å². The second-order valence-electron chi connectivity index (χ2n) is 4.92. The number of hydrogen-bond donors (Lipinski definition) is 1. The fraction of sp³-hybridized carbons (Fsp3) is 0.250. The molecule has 0 amide bonds. The van der Waals surface area contributed by atoms with E-state index in [9.17, 15) is 8.42 Å². The van der Waals surface area contributed by atoms with E-state index in [0.29, 0.717) is 31.1 Å². The predicted molar refractivity (Wildman–Crippen MR) is 96.4 cm³/mol. The summed E-state index contributed by atoms with van der Waals surface area (Å²) in [4.78, 5) is 0.241. The maximum atomic E-state index is 12.8. The van der Waals surface area contributed by atoms with Gasteiger partial charge in [-0.25, -0.2) is 8.42 Å². The zero-order valence-electron chi connectivity index (χ0n) is 12.6. The number of nitrogens with zero attached hydrogens (tertiary/aromatic N) is 1. The molecule has 0 aromatic heterocycles. The number of halogens is 2. The van der Waals surface area contributed by atoms with Gasteiger partial charge in [0.25, 0.3) is 0 Å². The van der Waals surface area contributed by atoms with E-state index in [4.69, 9.17) is 17.3 Å². The molecule has 2 N–H and O–H groups in total. The molecule has 0 bridgehead atoms. The lowest BCUT2D eigenvalue weighted by atomic mass is 10.2. The van der Waals surface area contributed by atoms with Gasteiger partial charge in [-0.15, -0.1) is 12.4 Å². The monoisotopic (exact) mass is 374 g/mol. The third kappa shape index (κ3) is 5.48. The number of nitrogens with two attached hydrogens (primary N) is 1. The summed E-state index contributed by atoms with van der Waals surface area (Å²) in [5, 5.41) is 0.510. The lowest BCUT2D eigenvalue weighted by Gasteiger charge is -2.22. The molecule has 2 rings (SSSR count). The Morgan fingerprint density at radius 2 is 1.61 bits per heavy atom. The van der Waals surface area contributed by atoms with Crippen molar-refractivity contribution in [1.29, 1.82) is 0 Å². The van der Waals surface area contributed by atoms with E-state index in [1.807, 2.05) is 30.3 Å². The van der Waals surface area contributed by atoms with Gasteiger partial charge in [0, 0.05) is 18.1 Å². The summed E-state index contributed by atoms with van der Waals surface area (Å²) in [5.41, 5.74) is 6.47. The Kier molecular flexibility index (Phi) is 8.02. The van der Waals surface area contributed by atoms with Crippen molar-refractivity contribution in [3.05, 3.63) is 65.2 Å². The number of rotatable bonds is 7. The molecule has 0 aliphatic heterocycles. The molecule has 23 heavy (non-hydrogen) atoms. The van der Waals surface area contributed by atoms with Crippen molar-refractivity contribution in [2.75, 3.05) is 13.1 Å². The third-order valence-corrected chi connectivity index (χ3v) is 5.38. The standard InChI is InChI=1S/C16H19ClN2O2S.ClH/c17-15-7-9-16(10-8-15)22(20,21)19(12-4-11-18)13-14-5-2-1-3-6-14;/h1-3,5-10H,4,11-13,18H2;1H. The second kappa shape index (κ2) is 9.25. The van der Waals surface area contributed by atoms with Crippen LogP contribution < -0.4 is 5.73 Å². The van der Waals surface area contributed by atoms with E-state index in [-0.39, 0.29) is 17.3 Å². The second-order valence-corrected chi connectivity index (χ2v) is 7.29. The first-order valence-electron chi connectivity index (χ1n) is 7.04. The van der Waals surface area contributed by atoms with E-state index < -0.39 is 10.0 Å². The van der Waals surface area contributed by atoms with Gasteiger partial charge in [-0.3, -0.25) is 0 Å². The first kappa shape index (κ1) is 19.9. The van der Waals surface area contributed by atoms with Crippen molar-refractivity contribution in [1.82, 2.24) is 4.31 Å². The summed E-state index contributed by atoms with van der Waals surface area (Å²) >= 11 is 5.83. The first-order chi connectivity index (χ1) is 10.5. The zero-order valence-corrected chi connectivity index (χ0v) is 14.9. The lowest BCUT2D eigenvalue weighted by Crippen LogP contribution is -2.32. The number of sulfonamides is 1.